The van der Waals surface area contributed by atoms with Gasteiger partial charge in [-0.05, 0) is 22.8 Å². The number of fused-ring (bicyclic) bond motifs is 1. The molecule has 0 bridgehead atoms. The fourth-order valence-electron chi connectivity index (χ4n) is 2.79. The van der Waals surface area contributed by atoms with Crippen molar-refractivity contribution < 1.29 is 9.59 Å². The van der Waals surface area contributed by atoms with E-state index in [1.54, 1.807) is 26.5 Å². The number of carbonyl (C=O) groups excluding carboxylic acids is 2. The third-order valence-electron chi connectivity index (χ3n) is 3.81. The number of pyridine rings is 1. The summed E-state index contributed by atoms with van der Waals surface area (Å²) in [6.45, 7) is 0. The molecule has 0 saturated carbocycles. The Kier molecular flexibility index (Phi) is 3.63. The predicted molar refractivity (Wildman–Crippen MR) is 82.2 cm³/mol. The first-order valence-electron chi connectivity index (χ1n) is 7.10. The molecule has 0 saturated heterocycles. The third kappa shape index (κ3) is 2.35. The lowest BCUT2D eigenvalue weighted by atomic mass is 9.88. The van der Waals surface area contributed by atoms with Gasteiger partial charge in [-0.2, -0.15) is 0 Å². The number of aromatic nitrogens is 1. The Morgan fingerprint density at radius 3 is 2.68 bits per heavy atom. The third-order valence-corrected chi connectivity index (χ3v) is 3.81. The summed E-state index contributed by atoms with van der Waals surface area (Å²) in [7, 11) is 3.30. The molecule has 3 rings (SSSR count). The van der Waals surface area contributed by atoms with Crippen LogP contribution in [-0.4, -0.2) is 40.8 Å². The number of imide groups is 1. The summed E-state index contributed by atoms with van der Waals surface area (Å²) < 4.78 is 0. The molecule has 0 spiro atoms. The molecule has 0 N–H and O–H groups in total. The second kappa shape index (κ2) is 5.60. The van der Waals surface area contributed by atoms with Crippen molar-refractivity contribution in [2.24, 2.45) is 0 Å². The van der Waals surface area contributed by atoms with E-state index in [1.165, 1.54) is 9.80 Å². The Labute approximate surface area is 129 Å². The number of hydrogen-bond donors (Lipinski definition) is 0. The Morgan fingerprint density at radius 2 is 2.00 bits per heavy atom. The Bertz CT molecular complexity index is 713. The van der Waals surface area contributed by atoms with E-state index in [9.17, 15) is 9.59 Å². The van der Waals surface area contributed by atoms with Crippen LogP contribution in [0.2, 0.25) is 0 Å². The topological polar surface area (TPSA) is 53.5 Å². The fourth-order valence-corrected chi connectivity index (χ4v) is 2.79. The van der Waals surface area contributed by atoms with Crippen LogP contribution in [0.5, 0.6) is 0 Å². The van der Waals surface area contributed by atoms with Gasteiger partial charge >= 0.3 is 6.03 Å². The van der Waals surface area contributed by atoms with Crippen LogP contribution < -0.4 is 0 Å². The van der Waals surface area contributed by atoms with E-state index in [2.05, 4.69) is 4.98 Å². The van der Waals surface area contributed by atoms with Crippen LogP contribution in [-0.2, 0) is 11.2 Å². The first kappa shape index (κ1) is 14.3. The van der Waals surface area contributed by atoms with Crippen LogP contribution in [0.4, 0.5) is 4.79 Å². The molecule has 1 aliphatic heterocycles. The highest BCUT2D eigenvalue weighted by molar-refractivity contribution is 5.97. The van der Waals surface area contributed by atoms with Gasteiger partial charge in [-0.3, -0.25) is 14.7 Å². The van der Waals surface area contributed by atoms with Crippen molar-refractivity contribution in [2.75, 3.05) is 14.1 Å². The van der Waals surface area contributed by atoms with Crippen LogP contribution in [0.1, 0.15) is 22.7 Å². The molecule has 2 aromatic rings. The molecule has 5 heteroatoms. The zero-order valence-corrected chi connectivity index (χ0v) is 12.6. The number of nitrogens with zero attached hydrogens (tertiary/aromatic N) is 3. The highest BCUT2D eigenvalue weighted by atomic mass is 16.2. The molecule has 0 fully saturated rings. The summed E-state index contributed by atoms with van der Waals surface area (Å²) in [6.07, 6.45) is 3.63. The molecule has 1 aromatic heterocycles. The van der Waals surface area contributed by atoms with Crippen LogP contribution >= 0.6 is 0 Å². The monoisotopic (exact) mass is 295 g/mol. The molecular weight excluding hydrogens is 278 g/mol. The zero-order chi connectivity index (χ0) is 15.7. The van der Waals surface area contributed by atoms with Crippen molar-refractivity contribution in [1.82, 2.24) is 14.8 Å². The van der Waals surface area contributed by atoms with Gasteiger partial charge in [0.2, 0.25) is 5.91 Å². The molecule has 1 aromatic carbocycles. The summed E-state index contributed by atoms with van der Waals surface area (Å²) in [6, 6.07) is 10.7. The van der Waals surface area contributed by atoms with Crippen molar-refractivity contribution in [3.8, 4) is 0 Å². The van der Waals surface area contributed by atoms with Gasteiger partial charge < -0.3 is 4.90 Å². The second-order valence-electron chi connectivity index (χ2n) is 5.51. The average molecular weight is 295 g/mol. The number of carbonyl (C=O) groups is 2. The smallest absolute Gasteiger partial charge is 0.327 e. The predicted octanol–water partition coefficient (Wildman–Crippen LogP) is 2.24. The van der Waals surface area contributed by atoms with Crippen molar-refractivity contribution in [1.29, 1.82) is 0 Å². The number of hydrogen-bond acceptors (Lipinski definition) is 3. The Balaban J connectivity index is 2.17. The first-order valence-corrected chi connectivity index (χ1v) is 7.10. The molecule has 1 unspecified atom stereocenters. The lowest BCUT2D eigenvalue weighted by Crippen LogP contribution is -2.48. The van der Waals surface area contributed by atoms with Gasteiger partial charge in [0, 0.05) is 26.5 Å². The van der Waals surface area contributed by atoms with Gasteiger partial charge in [0.05, 0.1) is 12.5 Å². The normalized spacial score (nSPS) is 17.1. The number of benzene rings is 1. The fraction of sp³-hybridized carbons (Fsp3) is 0.235. The van der Waals surface area contributed by atoms with Crippen LogP contribution in [0.25, 0.3) is 0 Å². The van der Waals surface area contributed by atoms with Crippen LogP contribution in [0.3, 0.4) is 0 Å². The maximum Gasteiger partial charge on any atom is 0.327 e. The van der Waals surface area contributed by atoms with Gasteiger partial charge in [0.1, 0.15) is 0 Å². The van der Waals surface area contributed by atoms with Crippen molar-refractivity contribution in [3.05, 3.63) is 65.5 Å². The van der Waals surface area contributed by atoms with Gasteiger partial charge in [-0.25, -0.2) is 4.79 Å². The average Bonchev–Trinajstić information content (AvgIpc) is 2.53. The highest BCUT2D eigenvalue weighted by Crippen LogP contribution is 2.35. The summed E-state index contributed by atoms with van der Waals surface area (Å²) in [5.41, 5.74) is 2.77. The van der Waals surface area contributed by atoms with Gasteiger partial charge in [-0.1, -0.05) is 30.3 Å². The van der Waals surface area contributed by atoms with E-state index in [1.807, 2.05) is 36.4 Å². The lowest BCUT2D eigenvalue weighted by Gasteiger charge is -2.37. The molecular formula is C17H17N3O2. The minimum Gasteiger partial charge on any atom is -0.330 e. The molecule has 2 heterocycles. The highest BCUT2D eigenvalue weighted by Gasteiger charge is 2.38. The quantitative estimate of drug-likeness (QED) is 0.810. The van der Waals surface area contributed by atoms with Crippen molar-refractivity contribution >= 4 is 11.9 Å². The minimum atomic E-state index is -0.430. The molecule has 3 amide bonds. The van der Waals surface area contributed by atoms with Crippen molar-refractivity contribution in [3.63, 3.8) is 0 Å². The zero-order valence-electron chi connectivity index (χ0n) is 12.6. The second-order valence-corrected chi connectivity index (χ2v) is 5.51. The maximum atomic E-state index is 12.5. The summed E-state index contributed by atoms with van der Waals surface area (Å²) in [5.74, 6) is -0.189. The molecule has 0 aliphatic carbocycles. The van der Waals surface area contributed by atoms with Gasteiger partial charge in [0.25, 0.3) is 0 Å². The molecule has 5 nitrogen and oxygen atoms in total. The van der Waals surface area contributed by atoms with E-state index < -0.39 is 6.04 Å². The first-order chi connectivity index (χ1) is 10.6. The van der Waals surface area contributed by atoms with E-state index in [-0.39, 0.29) is 18.4 Å². The van der Waals surface area contributed by atoms with Crippen molar-refractivity contribution in [2.45, 2.75) is 12.5 Å². The molecule has 1 aliphatic rings. The number of amides is 3. The minimum absolute atomic E-state index is 0.189. The maximum absolute atomic E-state index is 12.5. The largest absolute Gasteiger partial charge is 0.330 e. The van der Waals surface area contributed by atoms with E-state index >= 15 is 0 Å². The van der Waals surface area contributed by atoms with Crippen LogP contribution in [0.15, 0.2) is 48.8 Å². The Hall–Kier alpha value is -2.69. The molecule has 112 valence electrons. The standard InChI is InChI=1S/C17H17N3O2/c1-19(2)17(22)20-15(21)10-12-6-3-4-8-14(12)16(20)13-7-5-9-18-11-13/h3-9,11,16H,10H2,1-2H3. The lowest BCUT2D eigenvalue weighted by molar-refractivity contribution is -0.130. The molecule has 1 atom stereocenters. The van der Waals surface area contributed by atoms with Gasteiger partial charge in [0.15, 0.2) is 0 Å². The number of urea groups is 1. The molecule has 22 heavy (non-hydrogen) atoms. The summed E-state index contributed by atoms with van der Waals surface area (Å²) in [5, 5.41) is 0. The SMILES string of the molecule is CN(C)C(=O)N1C(=O)Cc2ccccc2C1c1cccnc1. The van der Waals surface area contributed by atoms with Gasteiger partial charge in [-0.15, -0.1) is 0 Å². The van der Waals surface area contributed by atoms with Crippen LogP contribution in [0, 0.1) is 0 Å². The summed E-state index contributed by atoms with van der Waals surface area (Å²) >= 11 is 0. The van der Waals surface area contributed by atoms with E-state index in [4.69, 9.17) is 0 Å². The van der Waals surface area contributed by atoms with E-state index in [0.29, 0.717) is 0 Å². The molecule has 0 radical (unpaired) electrons. The van der Waals surface area contributed by atoms with E-state index in [0.717, 1.165) is 16.7 Å². The Morgan fingerprint density at radius 1 is 1.23 bits per heavy atom. The summed E-state index contributed by atoms with van der Waals surface area (Å²) in [4.78, 5) is 31.9. The number of rotatable bonds is 1.